The van der Waals surface area contributed by atoms with Gasteiger partial charge in [-0.25, -0.2) is 0 Å². The Hall–Kier alpha value is -0.320. The SMILES string of the molecule is COCC(C)N(C)CCC(N)c1cccc(Cl)c1Cl. The van der Waals surface area contributed by atoms with Crippen LogP contribution in [0.1, 0.15) is 24.9 Å². The molecule has 2 unspecified atom stereocenters. The number of hydrogen-bond acceptors (Lipinski definition) is 3. The molecule has 0 aliphatic carbocycles. The molecule has 0 aliphatic heterocycles. The molecular formula is C14H22Cl2N2O. The van der Waals surface area contributed by atoms with E-state index in [0.717, 1.165) is 18.5 Å². The normalized spacial score (nSPS) is 14.7. The minimum atomic E-state index is -0.108. The summed E-state index contributed by atoms with van der Waals surface area (Å²) in [6.07, 6.45) is 0.824. The summed E-state index contributed by atoms with van der Waals surface area (Å²) >= 11 is 12.2. The quantitative estimate of drug-likeness (QED) is 0.839. The van der Waals surface area contributed by atoms with E-state index in [1.807, 2.05) is 12.1 Å². The fourth-order valence-corrected chi connectivity index (χ4v) is 2.34. The van der Waals surface area contributed by atoms with E-state index in [0.29, 0.717) is 22.7 Å². The van der Waals surface area contributed by atoms with Gasteiger partial charge in [0.15, 0.2) is 0 Å². The van der Waals surface area contributed by atoms with E-state index >= 15 is 0 Å². The Balaban J connectivity index is 2.55. The Morgan fingerprint density at radius 2 is 2.05 bits per heavy atom. The van der Waals surface area contributed by atoms with Crippen LogP contribution in [0.15, 0.2) is 18.2 Å². The molecule has 0 spiro atoms. The standard InChI is InChI=1S/C14H22Cl2N2O/c1-10(9-19-3)18(2)8-7-13(17)11-5-4-6-12(15)14(11)16/h4-6,10,13H,7-9,17H2,1-3H3. The Kier molecular flexibility index (Phi) is 7.11. The average molecular weight is 305 g/mol. The molecule has 0 amide bonds. The molecule has 2 N–H and O–H groups in total. The van der Waals surface area contributed by atoms with Gasteiger partial charge in [-0.2, -0.15) is 0 Å². The molecule has 0 fully saturated rings. The monoisotopic (exact) mass is 304 g/mol. The number of halogens is 2. The number of hydrogen-bond donors (Lipinski definition) is 1. The van der Waals surface area contributed by atoms with Crippen LogP contribution in [-0.2, 0) is 4.74 Å². The smallest absolute Gasteiger partial charge is 0.0640 e. The van der Waals surface area contributed by atoms with E-state index in [4.69, 9.17) is 33.7 Å². The van der Waals surface area contributed by atoms with Gasteiger partial charge in [-0.05, 0) is 32.0 Å². The molecule has 0 saturated heterocycles. The van der Waals surface area contributed by atoms with Gasteiger partial charge in [0, 0.05) is 25.7 Å². The maximum absolute atomic E-state index is 6.19. The van der Waals surface area contributed by atoms with Crippen LogP contribution in [-0.4, -0.2) is 38.3 Å². The van der Waals surface area contributed by atoms with E-state index in [1.165, 1.54) is 0 Å². The number of ether oxygens (including phenoxy) is 1. The Morgan fingerprint density at radius 3 is 2.68 bits per heavy atom. The summed E-state index contributed by atoms with van der Waals surface area (Å²) in [5.74, 6) is 0. The second-order valence-electron chi connectivity index (χ2n) is 4.82. The van der Waals surface area contributed by atoms with Crippen LogP contribution in [0.5, 0.6) is 0 Å². The van der Waals surface area contributed by atoms with Crippen molar-refractivity contribution in [3.05, 3.63) is 33.8 Å². The molecule has 1 rings (SSSR count). The highest BCUT2D eigenvalue weighted by Gasteiger charge is 2.15. The van der Waals surface area contributed by atoms with Crippen molar-refractivity contribution < 1.29 is 4.74 Å². The van der Waals surface area contributed by atoms with Crippen molar-refractivity contribution in [2.24, 2.45) is 5.73 Å². The van der Waals surface area contributed by atoms with Gasteiger partial charge in [0.25, 0.3) is 0 Å². The lowest BCUT2D eigenvalue weighted by molar-refractivity contribution is 0.114. The van der Waals surface area contributed by atoms with Crippen LogP contribution < -0.4 is 5.73 Å². The Bertz CT molecular complexity index is 401. The highest BCUT2D eigenvalue weighted by atomic mass is 35.5. The van der Waals surface area contributed by atoms with Crippen molar-refractivity contribution in [3.63, 3.8) is 0 Å². The Morgan fingerprint density at radius 1 is 1.37 bits per heavy atom. The summed E-state index contributed by atoms with van der Waals surface area (Å²) in [5, 5.41) is 1.11. The topological polar surface area (TPSA) is 38.5 Å². The van der Waals surface area contributed by atoms with Crippen LogP contribution in [0.25, 0.3) is 0 Å². The molecule has 1 aromatic rings. The molecule has 19 heavy (non-hydrogen) atoms. The van der Waals surface area contributed by atoms with Crippen LogP contribution in [0.3, 0.4) is 0 Å². The summed E-state index contributed by atoms with van der Waals surface area (Å²) in [7, 11) is 3.78. The van der Waals surface area contributed by atoms with Gasteiger partial charge in [0.1, 0.15) is 0 Å². The number of nitrogens with zero attached hydrogens (tertiary/aromatic N) is 1. The molecule has 1 aromatic carbocycles. The van der Waals surface area contributed by atoms with Crippen molar-refractivity contribution in [1.82, 2.24) is 4.90 Å². The first-order valence-electron chi connectivity index (χ1n) is 6.36. The predicted molar refractivity (Wildman–Crippen MR) is 82.0 cm³/mol. The minimum Gasteiger partial charge on any atom is -0.383 e. The first kappa shape index (κ1) is 16.7. The van der Waals surface area contributed by atoms with Crippen LogP contribution >= 0.6 is 23.2 Å². The summed E-state index contributed by atoms with van der Waals surface area (Å²) in [4.78, 5) is 2.22. The second-order valence-corrected chi connectivity index (χ2v) is 5.61. The van der Waals surface area contributed by atoms with Crippen LogP contribution in [0, 0.1) is 0 Å². The minimum absolute atomic E-state index is 0.108. The molecule has 0 bridgehead atoms. The molecule has 0 heterocycles. The van der Waals surface area contributed by atoms with E-state index in [1.54, 1.807) is 13.2 Å². The van der Waals surface area contributed by atoms with Gasteiger partial charge >= 0.3 is 0 Å². The van der Waals surface area contributed by atoms with E-state index < -0.39 is 0 Å². The van der Waals surface area contributed by atoms with Crippen molar-refractivity contribution in [3.8, 4) is 0 Å². The lowest BCUT2D eigenvalue weighted by atomic mass is 10.0. The number of nitrogens with two attached hydrogens (primary N) is 1. The molecule has 2 atom stereocenters. The molecule has 0 aromatic heterocycles. The average Bonchev–Trinajstić information content (AvgIpc) is 2.39. The first-order valence-corrected chi connectivity index (χ1v) is 7.11. The number of benzene rings is 1. The lowest BCUT2D eigenvalue weighted by Gasteiger charge is -2.25. The predicted octanol–water partition coefficient (Wildman–Crippen LogP) is 3.35. The maximum Gasteiger partial charge on any atom is 0.0640 e. The fraction of sp³-hybridized carbons (Fsp3) is 0.571. The highest BCUT2D eigenvalue weighted by Crippen LogP contribution is 2.30. The van der Waals surface area contributed by atoms with Crippen molar-refractivity contribution in [1.29, 1.82) is 0 Å². The summed E-state index contributed by atoms with van der Waals surface area (Å²) in [6.45, 7) is 3.72. The number of likely N-dealkylation sites (N-methyl/N-ethyl adjacent to an activating group) is 1. The van der Waals surface area contributed by atoms with Gasteiger partial charge in [-0.3, -0.25) is 0 Å². The van der Waals surface area contributed by atoms with Gasteiger partial charge in [0.2, 0.25) is 0 Å². The van der Waals surface area contributed by atoms with Gasteiger partial charge in [-0.1, -0.05) is 35.3 Å². The Labute approximate surface area is 125 Å². The highest BCUT2D eigenvalue weighted by molar-refractivity contribution is 6.42. The van der Waals surface area contributed by atoms with Crippen LogP contribution in [0.2, 0.25) is 10.0 Å². The third-order valence-corrected chi connectivity index (χ3v) is 4.17. The van der Waals surface area contributed by atoms with Crippen molar-refractivity contribution in [2.45, 2.75) is 25.4 Å². The third kappa shape index (κ3) is 4.93. The van der Waals surface area contributed by atoms with Crippen LogP contribution in [0.4, 0.5) is 0 Å². The molecular weight excluding hydrogens is 283 g/mol. The van der Waals surface area contributed by atoms with Crippen molar-refractivity contribution in [2.75, 3.05) is 27.3 Å². The molecule has 3 nitrogen and oxygen atoms in total. The van der Waals surface area contributed by atoms with Gasteiger partial charge < -0.3 is 15.4 Å². The largest absolute Gasteiger partial charge is 0.383 e. The van der Waals surface area contributed by atoms with Gasteiger partial charge in [0.05, 0.1) is 16.7 Å². The zero-order valence-corrected chi connectivity index (χ0v) is 13.2. The van der Waals surface area contributed by atoms with Crippen molar-refractivity contribution >= 4 is 23.2 Å². The third-order valence-electron chi connectivity index (χ3n) is 3.33. The molecule has 0 saturated carbocycles. The summed E-state index contributed by atoms with van der Waals surface area (Å²) < 4.78 is 5.14. The zero-order valence-electron chi connectivity index (χ0n) is 11.7. The van der Waals surface area contributed by atoms with E-state index in [9.17, 15) is 0 Å². The van der Waals surface area contributed by atoms with E-state index in [-0.39, 0.29) is 6.04 Å². The molecule has 0 aliphatic rings. The van der Waals surface area contributed by atoms with E-state index in [2.05, 4.69) is 18.9 Å². The number of rotatable bonds is 7. The molecule has 0 radical (unpaired) electrons. The van der Waals surface area contributed by atoms with Gasteiger partial charge in [-0.15, -0.1) is 0 Å². The summed E-state index contributed by atoms with van der Waals surface area (Å²) in [5.41, 5.74) is 7.09. The first-order chi connectivity index (χ1) is 8.97. The second kappa shape index (κ2) is 8.08. The molecule has 5 heteroatoms. The molecule has 108 valence electrons. The lowest BCUT2D eigenvalue weighted by Crippen LogP contribution is -2.34. The number of methoxy groups -OCH3 is 1. The zero-order chi connectivity index (χ0) is 14.4. The fourth-order valence-electron chi connectivity index (χ4n) is 1.89. The maximum atomic E-state index is 6.19. The summed E-state index contributed by atoms with van der Waals surface area (Å²) in [6, 6.07) is 5.83.